The van der Waals surface area contributed by atoms with Crippen molar-refractivity contribution >= 4 is 15.7 Å². The van der Waals surface area contributed by atoms with Gasteiger partial charge in [-0.25, -0.2) is 8.42 Å². The molecular formula is C23H32N2O3S. The molecule has 0 atom stereocenters. The lowest BCUT2D eigenvalue weighted by molar-refractivity contribution is 0.278. The highest BCUT2D eigenvalue weighted by atomic mass is 32.2. The van der Waals surface area contributed by atoms with Crippen molar-refractivity contribution in [2.75, 3.05) is 37.1 Å². The molecule has 0 unspecified atom stereocenters. The van der Waals surface area contributed by atoms with Gasteiger partial charge in [0.1, 0.15) is 12.4 Å². The van der Waals surface area contributed by atoms with Gasteiger partial charge in [-0.15, -0.1) is 0 Å². The Balaban J connectivity index is 1.78. The first kappa shape index (κ1) is 21.7. The van der Waals surface area contributed by atoms with Gasteiger partial charge in [0.2, 0.25) is 10.0 Å². The van der Waals surface area contributed by atoms with Gasteiger partial charge in [-0.05, 0) is 55.6 Å². The third kappa shape index (κ3) is 5.73. The summed E-state index contributed by atoms with van der Waals surface area (Å²) in [5.41, 5.74) is 2.61. The Labute approximate surface area is 175 Å². The molecule has 2 aromatic rings. The number of ether oxygens (including phenoxy) is 1. The molecule has 0 saturated carbocycles. The van der Waals surface area contributed by atoms with Gasteiger partial charge < -0.3 is 9.64 Å². The predicted molar refractivity (Wildman–Crippen MR) is 119 cm³/mol. The second-order valence-corrected chi connectivity index (χ2v) is 9.45. The van der Waals surface area contributed by atoms with Crippen LogP contribution in [0, 0.1) is 0 Å². The summed E-state index contributed by atoms with van der Waals surface area (Å²) in [6.07, 6.45) is 3.19. The lowest BCUT2D eigenvalue weighted by Gasteiger charge is -2.31. The lowest BCUT2D eigenvalue weighted by atomic mass is 10.1. The highest BCUT2D eigenvalue weighted by Gasteiger charge is 2.29. The summed E-state index contributed by atoms with van der Waals surface area (Å²) in [6.45, 7) is 8.31. The van der Waals surface area contributed by atoms with E-state index in [0.29, 0.717) is 24.6 Å². The molecule has 0 amide bonds. The van der Waals surface area contributed by atoms with E-state index in [1.165, 1.54) is 4.31 Å². The fraction of sp³-hybridized carbons (Fsp3) is 0.478. The highest BCUT2D eigenvalue weighted by Crippen LogP contribution is 2.35. The zero-order valence-corrected chi connectivity index (χ0v) is 18.3. The molecule has 6 heteroatoms. The molecule has 0 aromatic heterocycles. The van der Waals surface area contributed by atoms with Crippen molar-refractivity contribution in [3.8, 4) is 5.75 Å². The van der Waals surface area contributed by atoms with Crippen LogP contribution < -0.4 is 9.04 Å². The zero-order valence-electron chi connectivity index (χ0n) is 17.5. The molecule has 0 spiro atoms. The highest BCUT2D eigenvalue weighted by molar-refractivity contribution is 7.92. The molecule has 5 nitrogen and oxygen atoms in total. The molecule has 0 N–H and O–H groups in total. The van der Waals surface area contributed by atoms with Crippen molar-refractivity contribution in [2.24, 2.45) is 0 Å². The number of fused-ring (bicyclic) bond motifs is 1. The number of hydrogen-bond donors (Lipinski definition) is 0. The van der Waals surface area contributed by atoms with E-state index < -0.39 is 10.0 Å². The topological polar surface area (TPSA) is 49.9 Å². The summed E-state index contributed by atoms with van der Waals surface area (Å²) in [5, 5.41) is 0. The van der Waals surface area contributed by atoms with Crippen molar-refractivity contribution in [1.82, 2.24) is 4.90 Å². The van der Waals surface area contributed by atoms with Crippen LogP contribution in [0.5, 0.6) is 5.75 Å². The van der Waals surface area contributed by atoms with E-state index in [-0.39, 0.29) is 5.75 Å². The number of hydrogen-bond acceptors (Lipinski definition) is 4. The minimum Gasteiger partial charge on any atom is -0.489 e. The van der Waals surface area contributed by atoms with Crippen LogP contribution in [0.15, 0.2) is 48.5 Å². The average molecular weight is 417 g/mol. The third-order valence-corrected chi connectivity index (χ3v) is 6.92. The molecule has 1 aliphatic rings. The second kappa shape index (κ2) is 10.1. The molecule has 1 heterocycles. The standard InChI is InChI=1S/C23H32N2O3S/c1-3-13-24(14-4-2)15-12-20-10-11-23-22(18-20)25(16-17-28-23)29(26,27)19-21-8-6-5-7-9-21/h5-11,18H,3-4,12-17,19H2,1-2H3. The van der Waals surface area contributed by atoms with Crippen LogP contribution in [0.25, 0.3) is 0 Å². The minimum absolute atomic E-state index is 0.00170. The number of nitrogens with zero attached hydrogens (tertiary/aromatic N) is 2. The summed E-state index contributed by atoms with van der Waals surface area (Å²) >= 11 is 0. The number of anilines is 1. The largest absolute Gasteiger partial charge is 0.489 e. The fourth-order valence-corrected chi connectivity index (χ4v) is 5.37. The summed E-state index contributed by atoms with van der Waals surface area (Å²) in [7, 11) is -3.47. The van der Waals surface area contributed by atoms with Crippen LogP contribution >= 0.6 is 0 Å². The van der Waals surface area contributed by atoms with Gasteiger partial charge in [-0.3, -0.25) is 4.31 Å². The van der Waals surface area contributed by atoms with Gasteiger partial charge in [-0.2, -0.15) is 0 Å². The van der Waals surface area contributed by atoms with Gasteiger partial charge in [0.15, 0.2) is 0 Å². The summed E-state index contributed by atoms with van der Waals surface area (Å²) in [5.74, 6) is 0.647. The van der Waals surface area contributed by atoms with Crippen LogP contribution in [0.2, 0.25) is 0 Å². The Morgan fingerprint density at radius 2 is 1.69 bits per heavy atom. The predicted octanol–water partition coefficient (Wildman–Crippen LogP) is 4.08. The van der Waals surface area contributed by atoms with Crippen molar-refractivity contribution < 1.29 is 13.2 Å². The normalized spacial score (nSPS) is 14.0. The number of sulfonamides is 1. The molecule has 29 heavy (non-hydrogen) atoms. The lowest BCUT2D eigenvalue weighted by Crippen LogP contribution is -2.38. The Bertz CT molecular complexity index is 878. The second-order valence-electron chi connectivity index (χ2n) is 7.56. The van der Waals surface area contributed by atoms with Gasteiger partial charge in [-0.1, -0.05) is 50.2 Å². The van der Waals surface area contributed by atoms with E-state index in [4.69, 9.17) is 4.74 Å². The van der Waals surface area contributed by atoms with Crippen LogP contribution in [0.4, 0.5) is 5.69 Å². The van der Waals surface area contributed by atoms with Crippen LogP contribution in [0.1, 0.15) is 37.8 Å². The molecule has 0 saturated heterocycles. The zero-order chi connectivity index (χ0) is 20.7. The maximum absolute atomic E-state index is 13.1. The Hall–Kier alpha value is -2.05. The molecule has 0 radical (unpaired) electrons. The molecule has 3 rings (SSSR count). The molecule has 1 aliphatic heterocycles. The maximum atomic E-state index is 13.1. The summed E-state index contributed by atoms with van der Waals surface area (Å²) in [6, 6.07) is 15.3. The summed E-state index contributed by atoms with van der Waals surface area (Å²) < 4.78 is 33.5. The Morgan fingerprint density at radius 3 is 2.38 bits per heavy atom. The first-order valence-corrected chi connectivity index (χ1v) is 12.2. The van der Waals surface area contributed by atoms with E-state index in [0.717, 1.165) is 50.0 Å². The number of benzene rings is 2. The summed E-state index contributed by atoms with van der Waals surface area (Å²) in [4.78, 5) is 2.47. The quantitative estimate of drug-likeness (QED) is 0.586. The monoisotopic (exact) mass is 416 g/mol. The van der Waals surface area contributed by atoms with Crippen LogP contribution in [-0.4, -0.2) is 46.1 Å². The van der Waals surface area contributed by atoms with E-state index in [1.807, 2.05) is 42.5 Å². The molecular weight excluding hydrogens is 384 g/mol. The molecule has 2 aromatic carbocycles. The van der Waals surface area contributed by atoms with Crippen molar-refractivity contribution in [1.29, 1.82) is 0 Å². The molecule has 158 valence electrons. The van der Waals surface area contributed by atoms with E-state index in [2.05, 4.69) is 24.8 Å². The van der Waals surface area contributed by atoms with E-state index in [9.17, 15) is 8.42 Å². The van der Waals surface area contributed by atoms with Crippen molar-refractivity contribution in [3.05, 3.63) is 59.7 Å². The average Bonchev–Trinajstić information content (AvgIpc) is 2.72. The Morgan fingerprint density at radius 1 is 0.966 bits per heavy atom. The molecule has 0 bridgehead atoms. The maximum Gasteiger partial charge on any atom is 0.239 e. The molecule has 0 fully saturated rings. The first-order chi connectivity index (χ1) is 14.0. The van der Waals surface area contributed by atoms with Crippen molar-refractivity contribution in [3.63, 3.8) is 0 Å². The van der Waals surface area contributed by atoms with Gasteiger partial charge in [0.05, 0.1) is 18.0 Å². The van der Waals surface area contributed by atoms with Gasteiger partial charge in [0, 0.05) is 6.54 Å². The van der Waals surface area contributed by atoms with Crippen LogP contribution in [0.3, 0.4) is 0 Å². The SMILES string of the molecule is CCCN(CCC)CCc1ccc2c(c1)N(S(=O)(=O)Cc1ccccc1)CCO2. The van der Waals surface area contributed by atoms with E-state index >= 15 is 0 Å². The smallest absolute Gasteiger partial charge is 0.239 e. The first-order valence-electron chi connectivity index (χ1n) is 10.6. The van der Waals surface area contributed by atoms with Gasteiger partial charge >= 0.3 is 0 Å². The van der Waals surface area contributed by atoms with Crippen molar-refractivity contribution in [2.45, 2.75) is 38.9 Å². The van der Waals surface area contributed by atoms with Crippen LogP contribution in [-0.2, 0) is 22.2 Å². The van der Waals surface area contributed by atoms with Gasteiger partial charge in [0.25, 0.3) is 0 Å². The minimum atomic E-state index is -3.47. The number of rotatable bonds is 10. The van der Waals surface area contributed by atoms with E-state index in [1.54, 1.807) is 0 Å². The fourth-order valence-electron chi connectivity index (χ4n) is 3.80. The molecule has 0 aliphatic carbocycles. The Kier molecular flexibility index (Phi) is 7.56. The third-order valence-electron chi connectivity index (χ3n) is 5.17.